The lowest BCUT2D eigenvalue weighted by molar-refractivity contribution is 0.0440. The third kappa shape index (κ3) is 6.20. The van der Waals surface area contributed by atoms with Crippen LogP contribution in [0.5, 0.6) is 0 Å². The maximum atomic E-state index is 12.2. The molecule has 0 bridgehead atoms. The van der Waals surface area contributed by atoms with Crippen molar-refractivity contribution in [1.82, 2.24) is 0 Å². The van der Waals surface area contributed by atoms with Crippen LogP contribution in [0.2, 0.25) is 0 Å². The van der Waals surface area contributed by atoms with Crippen molar-refractivity contribution in [2.45, 2.75) is 51.6 Å². The molecule has 0 heterocycles. The molecule has 0 rings (SSSR count). The molecule has 0 radical (unpaired) electrons. The molecule has 0 aromatic rings. The van der Waals surface area contributed by atoms with Gasteiger partial charge in [0.15, 0.2) is 6.17 Å². The van der Waals surface area contributed by atoms with E-state index in [9.17, 15) is 13.2 Å². The van der Waals surface area contributed by atoms with E-state index in [4.69, 9.17) is 0 Å². The highest BCUT2D eigenvalue weighted by molar-refractivity contribution is 4.58. The molecule has 0 nitrogen and oxygen atoms in total. The van der Waals surface area contributed by atoms with Crippen molar-refractivity contribution < 1.29 is 13.2 Å². The zero-order chi connectivity index (χ0) is 8.69. The first-order chi connectivity index (χ1) is 5.18. The van der Waals surface area contributed by atoms with Crippen LogP contribution in [0.4, 0.5) is 13.2 Å². The van der Waals surface area contributed by atoms with E-state index in [1.807, 2.05) is 6.92 Å². The minimum Gasteiger partial charge on any atom is -0.241 e. The highest BCUT2D eigenvalue weighted by atomic mass is 19.3. The van der Waals surface area contributed by atoms with E-state index in [-0.39, 0.29) is 6.42 Å². The minimum atomic E-state index is -2.79. The first kappa shape index (κ1) is 10.8. The van der Waals surface area contributed by atoms with Gasteiger partial charge in [0.05, 0.1) is 0 Å². The van der Waals surface area contributed by atoms with E-state index in [1.165, 1.54) is 0 Å². The van der Waals surface area contributed by atoms with Crippen LogP contribution >= 0.6 is 0 Å². The van der Waals surface area contributed by atoms with Crippen molar-refractivity contribution in [1.29, 1.82) is 0 Å². The minimum absolute atomic E-state index is 0.0116. The second-order valence-corrected chi connectivity index (χ2v) is 2.70. The predicted molar refractivity (Wildman–Crippen MR) is 39.7 cm³/mol. The molecule has 0 fully saturated rings. The molecule has 0 aliphatic carbocycles. The highest BCUT2D eigenvalue weighted by Gasteiger charge is 2.17. The summed E-state index contributed by atoms with van der Waals surface area (Å²) in [4.78, 5) is 0. The molecular formula is C8H15F3. The van der Waals surface area contributed by atoms with Crippen molar-refractivity contribution in [3.05, 3.63) is 0 Å². The van der Waals surface area contributed by atoms with Gasteiger partial charge in [0, 0.05) is 0 Å². The average Bonchev–Trinajstić information content (AvgIpc) is 1.97. The number of alkyl halides is 3. The lowest BCUT2D eigenvalue weighted by atomic mass is 10.1. The fraction of sp³-hybridized carbons (Fsp3) is 1.00. The second-order valence-electron chi connectivity index (χ2n) is 2.70. The molecule has 0 aromatic carbocycles. The quantitative estimate of drug-likeness (QED) is 0.532. The van der Waals surface area contributed by atoms with E-state index in [0.717, 1.165) is 19.3 Å². The summed E-state index contributed by atoms with van der Waals surface area (Å²) in [5.41, 5.74) is 0. The Kier molecular flexibility index (Phi) is 6.37. The second kappa shape index (κ2) is 6.50. The number of hydrogen-bond donors (Lipinski definition) is 0. The zero-order valence-corrected chi connectivity index (χ0v) is 6.82. The fourth-order valence-corrected chi connectivity index (χ4v) is 0.892. The van der Waals surface area contributed by atoms with Crippen molar-refractivity contribution in [3.63, 3.8) is 0 Å². The van der Waals surface area contributed by atoms with Crippen LogP contribution in [0.3, 0.4) is 0 Å². The first-order valence-corrected chi connectivity index (χ1v) is 4.10. The topological polar surface area (TPSA) is 0 Å². The van der Waals surface area contributed by atoms with Crippen LogP contribution in [0.1, 0.15) is 39.0 Å². The number of hydrogen-bond acceptors (Lipinski definition) is 0. The Morgan fingerprint density at radius 1 is 1.00 bits per heavy atom. The van der Waals surface area contributed by atoms with Crippen molar-refractivity contribution >= 4 is 0 Å². The monoisotopic (exact) mass is 168 g/mol. The molecule has 3 heteroatoms. The Bertz CT molecular complexity index is 83.4. The molecule has 0 aliphatic rings. The smallest absolute Gasteiger partial charge is 0.241 e. The normalized spacial score (nSPS) is 13.9. The Morgan fingerprint density at radius 3 is 2.09 bits per heavy atom. The van der Waals surface area contributed by atoms with E-state index >= 15 is 0 Å². The average molecular weight is 168 g/mol. The SMILES string of the molecule is CCCCCCC(F)C(F)F. The van der Waals surface area contributed by atoms with Crippen molar-refractivity contribution in [2.24, 2.45) is 0 Å². The van der Waals surface area contributed by atoms with Crippen molar-refractivity contribution in [2.75, 3.05) is 0 Å². The summed E-state index contributed by atoms with van der Waals surface area (Å²) in [6, 6.07) is 0. The summed E-state index contributed by atoms with van der Waals surface area (Å²) >= 11 is 0. The van der Waals surface area contributed by atoms with Gasteiger partial charge in [0.25, 0.3) is 6.43 Å². The third-order valence-corrected chi connectivity index (χ3v) is 1.61. The van der Waals surface area contributed by atoms with Gasteiger partial charge in [0.1, 0.15) is 0 Å². The molecule has 1 unspecified atom stereocenters. The maximum absolute atomic E-state index is 12.2. The van der Waals surface area contributed by atoms with E-state index in [0.29, 0.717) is 6.42 Å². The largest absolute Gasteiger partial charge is 0.269 e. The number of halogens is 3. The van der Waals surface area contributed by atoms with E-state index < -0.39 is 12.6 Å². The van der Waals surface area contributed by atoms with Gasteiger partial charge in [-0.2, -0.15) is 0 Å². The Hall–Kier alpha value is -0.210. The molecule has 0 aliphatic heterocycles. The summed E-state index contributed by atoms with van der Waals surface area (Å²) in [5, 5.41) is 0. The van der Waals surface area contributed by atoms with Gasteiger partial charge in [0.2, 0.25) is 0 Å². The van der Waals surface area contributed by atoms with E-state index in [1.54, 1.807) is 0 Å². The molecule has 68 valence electrons. The lowest BCUT2D eigenvalue weighted by Crippen LogP contribution is -2.11. The molecule has 11 heavy (non-hydrogen) atoms. The summed E-state index contributed by atoms with van der Waals surface area (Å²) in [6.07, 6.45) is -1.19. The standard InChI is InChI=1S/C8H15F3/c1-2-3-4-5-6-7(9)8(10)11/h7-8H,2-6H2,1H3. The maximum Gasteiger partial charge on any atom is 0.269 e. The van der Waals surface area contributed by atoms with Gasteiger partial charge in [-0.05, 0) is 6.42 Å². The number of unbranched alkanes of at least 4 members (excludes halogenated alkanes) is 3. The lowest BCUT2D eigenvalue weighted by Gasteiger charge is -2.05. The van der Waals surface area contributed by atoms with Crippen LogP contribution in [-0.2, 0) is 0 Å². The number of rotatable bonds is 6. The molecular weight excluding hydrogens is 153 g/mol. The highest BCUT2D eigenvalue weighted by Crippen LogP contribution is 2.13. The fourth-order valence-electron chi connectivity index (χ4n) is 0.892. The summed E-state index contributed by atoms with van der Waals surface area (Å²) < 4.78 is 35.3. The Morgan fingerprint density at radius 2 is 1.64 bits per heavy atom. The summed E-state index contributed by atoms with van der Waals surface area (Å²) in [5.74, 6) is 0. The van der Waals surface area contributed by atoms with Crippen LogP contribution < -0.4 is 0 Å². The Labute approximate surface area is 65.8 Å². The van der Waals surface area contributed by atoms with Gasteiger partial charge < -0.3 is 0 Å². The van der Waals surface area contributed by atoms with Gasteiger partial charge in [-0.25, -0.2) is 13.2 Å². The third-order valence-electron chi connectivity index (χ3n) is 1.61. The molecule has 0 N–H and O–H groups in total. The molecule has 0 spiro atoms. The first-order valence-electron chi connectivity index (χ1n) is 4.10. The van der Waals surface area contributed by atoms with Gasteiger partial charge in [-0.1, -0.05) is 32.6 Å². The molecule has 0 saturated carbocycles. The molecule has 0 amide bonds. The predicted octanol–water partition coefficient (Wildman–Crippen LogP) is 3.56. The van der Waals surface area contributed by atoms with Crippen molar-refractivity contribution in [3.8, 4) is 0 Å². The summed E-state index contributed by atoms with van der Waals surface area (Å²) in [6.45, 7) is 2.03. The van der Waals surface area contributed by atoms with Gasteiger partial charge in [-0.3, -0.25) is 0 Å². The molecule has 0 saturated heterocycles. The van der Waals surface area contributed by atoms with Gasteiger partial charge >= 0.3 is 0 Å². The van der Waals surface area contributed by atoms with Crippen LogP contribution in [0.15, 0.2) is 0 Å². The Balaban J connectivity index is 3.10. The summed E-state index contributed by atoms with van der Waals surface area (Å²) in [7, 11) is 0. The zero-order valence-electron chi connectivity index (χ0n) is 6.82. The van der Waals surface area contributed by atoms with Crippen LogP contribution in [0, 0.1) is 0 Å². The van der Waals surface area contributed by atoms with Gasteiger partial charge in [-0.15, -0.1) is 0 Å². The molecule has 1 atom stereocenters. The molecule has 0 aromatic heterocycles. The van der Waals surface area contributed by atoms with E-state index in [2.05, 4.69) is 0 Å². The van der Waals surface area contributed by atoms with Crippen LogP contribution in [0.25, 0.3) is 0 Å². The van der Waals surface area contributed by atoms with Crippen LogP contribution in [-0.4, -0.2) is 12.6 Å².